The van der Waals surface area contributed by atoms with Gasteiger partial charge in [-0.1, -0.05) is 17.7 Å². The van der Waals surface area contributed by atoms with Gasteiger partial charge in [0.15, 0.2) is 17.3 Å². The van der Waals surface area contributed by atoms with Gasteiger partial charge in [-0.25, -0.2) is 0 Å². The molecule has 112 valence electrons. The van der Waals surface area contributed by atoms with Gasteiger partial charge in [0, 0.05) is 29.4 Å². The highest BCUT2D eigenvalue weighted by Crippen LogP contribution is 2.32. The summed E-state index contributed by atoms with van der Waals surface area (Å²) in [6, 6.07) is 12.5. The summed E-state index contributed by atoms with van der Waals surface area (Å²) in [5, 5.41) is 3.69. The van der Waals surface area contributed by atoms with Gasteiger partial charge in [0.1, 0.15) is 0 Å². The smallest absolute Gasteiger partial charge is 0.231 e. The fraction of sp³-hybridized carbons (Fsp3) is 0.118. The van der Waals surface area contributed by atoms with Crippen molar-refractivity contribution in [1.82, 2.24) is 5.32 Å². The van der Waals surface area contributed by atoms with Crippen LogP contribution in [-0.4, -0.2) is 12.6 Å². The Morgan fingerprint density at radius 2 is 1.91 bits per heavy atom. The van der Waals surface area contributed by atoms with Crippen LogP contribution in [0.1, 0.15) is 15.9 Å². The first-order chi connectivity index (χ1) is 10.7. The second-order valence-electron chi connectivity index (χ2n) is 4.77. The minimum Gasteiger partial charge on any atom is -0.454 e. The van der Waals surface area contributed by atoms with Crippen molar-refractivity contribution in [3.63, 3.8) is 0 Å². The van der Waals surface area contributed by atoms with Crippen LogP contribution in [0.15, 0.2) is 54.7 Å². The summed E-state index contributed by atoms with van der Waals surface area (Å²) in [5.41, 5.74) is 1.65. The highest BCUT2D eigenvalue weighted by Gasteiger charge is 2.12. The SMILES string of the molecule is O=C(C=CNCc1ccc2c(c1)OCO2)c1ccc(Cl)cc1. The molecule has 5 heteroatoms. The zero-order valence-electron chi connectivity index (χ0n) is 11.7. The molecular weight excluding hydrogens is 302 g/mol. The number of carbonyl (C=O) groups is 1. The highest BCUT2D eigenvalue weighted by molar-refractivity contribution is 6.30. The van der Waals surface area contributed by atoms with Gasteiger partial charge in [0.2, 0.25) is 6.79 Å². The van der Waals surface area contributed by atoms with Gasteiger partial charge in [-0.15, -0.1) is 0 Å². The Bertz CT molecular complexity index is 710. The highest BCUT2D eigenvalue weighted by atomic mass is 35.5. The third kappa shape index (κ3) is 3.40. The summed E-state index contributed by atoms with van der Waals surface area (Å²) in [6.45, 7) is 0.864. The quantitative estimate of drug-likeness (QED) is 0.677. The first-order valence-electron chi connectivity index (χ1n) is 6.81. The van der Waals surface area contributed by atoms with Gasteiger partial charge in [-0.2, -0.15) is 0 Å². The van der Waals surface area contributed by atoms with Crippen LogP contribution in [-0.2, 0) is 6.54 Å². The number of fused-ring (bicyclic) bond motifs is 1. The Morgan fingerprint density at radius 1 is 1.14 bits per heavy atom. The van der Waals surface area contributed by atoms with E-state index < -0.39 is 0 Å². The number of ketones is 1. The summed E-state index contributed by atoms with van der Waals surface area (Å²) < 4.78 is 10.6. The number of benzene rings is 2. The van der Waals surface area contributed by atoms with Gasteiger partial charge < -0.3 is 14.8 Å². The molecule has 0 unspecified atom stereocenters. The van der Waals surface area contributed by atoms with E-state index in [0.29, 0.717) is 17.1 Å². The predicted molar refractivity (Wildman–Crippen MR) is 84.3 cm³/mol. The Morgan fingerprint density at radius 3 is 2.73 bits per heavy atom. The van der Waals surface area contributed by atoms with Crippen LogP contribution in [0, 0.1) is 0 Å². The Balaban J connectivity index is 1.54. The van der Waals surface area contributed by atoms with E-state index in [0.717, 1.165) is 17.1 Å². The number of hydrogen-bond acceptors (Lipinski definition) is 4. The van der Waals surface area contributed by atoms with Crippen molar-refractivity contribution >= 4 is 17.4 Å². The molecule has 0 saturated carbocycles. The minimum absolute atomic E-state index is 0.0742. The van der Waals surface area contributed by atoms with Gasteiger partial charge >= 0.3 is 0 Å². The molecule has 0 atom stereocenters. The fourth-order valence-corrected chi connectivity index (χ4v) is 2.20. The largest absolute Gasteiger partial charge is 0.454 e. The molecule has 0 saturated heterocycles. The molecular formula is C17H14ClNO3. The van der Waals surface area contributed by atoms with Crippen LogP contribution in [0.4, 0.5) is 0 Å². The molecule has 0 fully saturated rings. The molecule has 1 aliphatic heterocycles. The topological polar surface area (TPSA) is 47.6 Å². The van der Waals surface area contributed by atoms with E-state index in [4.69, 9.17) is 21.1 Å². The lowest BCUT2D eigenvalue weighted by atomic mass is 10.1. The van der Waals surface area contributed by atoms with Crippen LogP contribution in [0.3, 0.4) is 0 Å². The number of hydrogen-bond donors (Lipinski definition) is 1. The van der Waals surface area contributed by atoms with Crippen molar-refractivity contribution < 1.29 is 14.3 Å². The lowest BCUT2D eigenvalue weighted by Gasteiger charge is -2.03. The molecule has 1 N–H and O–H groups in total. The average Bonchev–Trinajstić information content (AvgIpc) is 2.99. The van der Waals surface area contributed by atoms with E-state index in [1.165, 1.54) is 6.08 Å². The minimum atomic E-state index is -0.0742. The van der Waals surface area contributed by atoms with E-state index in [1.54, 1.807) is 30.5 Å². The lowest BCUT2D eigenvalue weighted by molar-refractivity contribution is 0.104. The number of ether oxygens (including phenoxy) is 2. The zero-order valence-corrected chi connectivity index (χ0v) is 12.5. The van der Waals surface area contributed by atoms with Crippen molar-refractivity contribution in [3.05, 3.63) is 70.9 Å². The first-order valence-corrected chi connectivity index (χ1v) is 7.18. The summed E-state index contributed by atoms with van der Waals surface area (Å²) in [5.74, 6) is 1.44. The number of rotatable bonds is 5. The molecule has 0 spiro atoms. The average molecular weight is 316 g/mol. The fourth-order valence-electron chi connectivity index (χ4n) is 2.07. The van der Waals surface area contributed by atoms with E-state index in [9.17, 15) is 4.79 Å². The molecule has 0 aliphatic carbocycles. The van der Waals surface area contributed by atoms with Gasteiger partial charge in [-0.05, 0) is 42.0 Å². The first kappa shape index (κ1) is 14.5. The predicted octanol–water partition coefficient (Wildman–Crippen LogP) is 3.55. The molecule has 3 rings (SSSR count). The van der Waals surface area contributed by atoms with E-state index in [1.807, 2.05) is 18.2 Å². The van der Waals surface area contributed by atoms with Gasteiger partial charge in [0.05, 0.1) is 0 Å². The molecule has 1 aliphatic rings. The van der Waals surface area contributed by atoms with Crippen molar-refractivity contribution in [2.45, 2.75) is 6.54 Å². The third-order valence-corrected chi connectivity index (χ3v) is 3.48. The third-order valence-electron chi connectivity index (χ3n) is 3.22. The zero-order chi connectivity index (χ0) is 15.4. The van der Waals surface area contributed by atoms with Crippen LogP contribution >= 0.6 is 11.6 Å². The molecule has 0 aromatic heterocycles. The monoisotopic (exact) mass is 315 g/mol. The van der Waals surface area contributed by atoms with Crippen LogP contribution in [0.5, 0.6) is 11.5 Å². The van der Waals surface area contributed by atoms with Crippen LogP contribution in [0.25, 0.3) is 0 Å². The van der Waals surface area contributed by atoms with Gasteiger partial charge in [-0.3, -0.25) is 4.79 Å². The Hall–Kier alpha value is -2.46. The number of allylic oxidation sites excluding steroid dienone is 1. The molecule has 2 aromatic carbocycles. The molecule has 0 radical (unpaired) electrons. The number of nitrogens with one attached hydrogen (secondary N) is 1. The van der Waals surface area contributed by atoms with E-state index in [-0.39, 0.29) is 12.6 Å². The second kappa shape index (κ2) is 6.54. The van der Waals surface area contributed by atoms with Crippen molar-refractivity contribution in [2.75, 3.05) is 6.79 Å². The number of carbonyl (C=O) groups excluding carboxylic acids is 1. The maximum atomic E-state index is 11.9. The maximum Gasteiger partial charge on any atom is 0.231 e. The normalized spacial score (nSPS) is 12.6. The maximum absolute atomic E-state index is 11.9. The van der Waals surface area contributed by atoms with Crippen molar-refractivity contribution in [1.29, 1.82) is 0 Å². The van der Waals surface area contributed by atoms with Crippen LogP contribution in [0.2, 0.25) is 5.02 Å². The molecule has 1 heterocycles. The van der Waals surface area contributed by atoms with E-state index in [2.05, 4.69) is 5.32 Å². The van der Waals surface area contributed by atoms with E-state index >= 15 is 0 Å². The summed E-state index contributed by atoms with van der Waals surface area (Å²) >= 11 is 5.79. The van der Waals surface area contributed by atoms with Crippen molar-refractivity contribution in [3.8, 4) is 11.5 Å². The molecule has 4 nitrogen and oxygen atoms in total. The molecule has 2 aromatic rings. The lowest BCUT2D eigenvalue weighted by Crippen LogP contribution is -2.05. The van der Waals surface area contributed by atoms with Crippen LogP contribution < -0.4 is 14.8 Å². The molecule has 0 amide bonds. The number of halogens is 1. The summed E-state index contributed by atoms with van der Waals surface area (Å²) in [6.07, 6.45) is 3.14. The summed E-state index contributed by atoms with van der Waals surface area (Å²) in [4.78, 5) is 11.9. The Kier molecular flexibility index (Phi) is 4.30. The second-order valence-corrected chi connectivity index (χ2v) is 5.21. The molecule has 22 heavy (non-hydrogen) atoms. The Labute approximate surface area is 133 Å². The van der Waals surface area contributed by atoms with Gasteiger partial charge in [0.25, 0.3) is 0 Å². The molecule has 0 bridgehead atoms. The van der Waals surface area contributed by atoms with Crippen molar-refractivity contribution in [2.24, 2.45) is 0 Å². The standard InChI is InChI=1S/C17H14ClNO3/c18-14-4-2-13(3-5-14)15(20)7-8-19-10-12-1-6-16-17(9-12)22-11-21-16/h1-9,19H,10-11H2. The summed E-state index contributed by atoms with van der Waals surface area (Å²) in [7, 11) is 0.